The summed E-state index contributed by atoms with van der Waals surface area (Å²) in [6.45, 7) is -1.83. The van der Waals surface area contributed by atoms with E-state index in [4.69, 9.17) is 20.4 Å². The molecule has 0 unspecified atom stereocenters. The number of carboxylic acids is 1. The first-order chi connectivity index (χ1) is 8.48. The molecule has 1 aromatic rings. The van der Waals surface area contributed by atoms with Crippen LogP contribution in [-0.2, 0) is 0 Å². The highest BCUT2D eigenvalue weighted by molar-refractivity contribution is 5.88. The maximum atomic E-state index is 13.6. The summed E-state index contributed by atoms with van der Waals surface area (Å²) in [6.07, 6.45) is 0. The fourth-order valence-electron chi connectivity index (χ4n) is 1.30. The Bertz CT molecular complexity index is 425. The molecule has 100 valence electrons. The topological polar surface area (TPSA) is 110 Å². The van der Waals surface area contributed by atoms with E-state index in [9.17, 15) is 9.18 Å². The van der Waals surface area contributed by atoms with Gasteiger partial charge in [-0.25, -0.2) is 9.18 Å². The van der Waals surface area contributed by atoms with Gasteiger partial charge in [0.15, 0.2) is 0 Å². The summed E-state index contributed by atoms with van der Waals surface area (Å²) >= 11 is 0. The number of hydrogen-bond acceptors (Lipinski definition) is 5. The highest BCUT2D eigenvalue weighted by atomic mass is 19.1. The van der Waals surface area contributed by atoms with Crippen molar-refractivity contribution in [3.8, 4) is 0 Å². The van der Waals surface area contributed by atoms with Crippen molar-refractivity contribution in [1.82, 2.24) is 0 Å². The summed E-state index contributed by atoms with van der Waals surface area (Å²) in [6, 6.07) is 3.14. The summed E-state index contributed by atoms with van der Waals surface area (Å²) in [5.41, 5.74) is -1.80. The van der Waals surface area contributed by atoms with Gasteiger partial charge in [-0.1, -0.05) is 0 Å². The maximum absolute atomic E-state index is 13.6. The lowest BCUT2D eigenvalue weighted by Gasteiger charge is -2.30. The van der Waals surface area contributed by atoms with Crippen LogP contribution in [0.5, 0.6) is 0 Å². The normalized spacial score (nSPS) is 11.3. The van der Waals surface area contributed by atoms with Crippen molar-refractivity contribution < 1.29 is 29.6 Å². The number of hydrogen-bond donors (Lipinski definition) is 5. The van der Waals surface area contributed by atoms with Gasteiger partial charge in [-0.3, -0.25) is 0 Å². The van der Waals surface area contributed by atoms with Gasteiger partial charge in [-0.05, 0) is 18.2 Å². The first-order valence-electron chi connectivity index (χ1n) is 5.11. The van der Waals surface area contributed by atoms with Gasteiger partial charge in [0, 0.05) is 0 Å². The van der Waals surface area contributed by atoms with Gasteiger partial charge in [-0.2, -0.15) is 0 Å². The second-order valence-electron chi connectivity index (χ2n) is 3.88. The number of aromatic carboxylic acids is 1. The van der Waals surface area contributed by atoms with Gasteiger partial charge in [-0.15, -0.1) is 0 Å². The largest absolute Gasteiger partial charge is 0.478 e. The maximum Gasteiger partial charge on any atom is 0.335 e. The number of aliphatic hydroxyl groups is 3. The summed E-state index contributed by atoms with van der Waals surface area (Å²) < 4.78 is 13.6. The number of aliphatic hydroxyl groups excluding tert-OH is 3. The number of halogens is 1. The smallest absolute Gasteiger partial charge is 0.335 e. The lowest BCUT2D eigenvalue weighted by molar-refractivity contribution is 0.0695. The van der Waals surface area contributed by atoms with Crippen LogP contribution in [0.15, 0.2) is 18.2 Å². The summed E-state index contributed by atoms with van der Waals surface area (Å²) in [4.78, 5) is 10.6. The molecule has 0 saturated heterocycles. The van der Waals surface area contributed by atoms with Gasteiger partial charge in [0.2, 0.25) is 0 Å². The van der Waals surface area contributed by atoms with Crippen molar-refractivity contribution >= 4 is 11.7 Å². The van der Waals surface area contributed by atoms with E-state index < -0.39 is 37.1 Å². The molecule has 5 N–H and O–H groups in total. The minimum Gasteiger partial charge on any atom is -0.478 e. The zero-order chi connectivity index (χ0) is 13.8. The average molecular weight is 259 g/mol. The zero-order valence-corrected chi connectivity index (χ0v) is 9.43. The Morgan fingerprint density at radius 2 is 1.78 bits per heavy atom. The Labute approximate surface area is 102 Å². The molecule has 0 aliphatic heterocycles. The van der Waals surface area contributed by atoms with Crippen molar-refractivity contribution in [2.45, 2.75) is 5.54 Å². The number of rotatable bonds is 6. The molecule has 0 aliphatic rings. The summed E-state index contributed by atoms with van der Waals surface area (Å²) in [5, 5.41) is 38.3. The average Bonchev–Trinajstić information content (AvgIpc) is 2.38. The number of benzene rings is 1. The third kappa shape index (κ3) is 2.95. The molecule has 0 aromatic heterocycles. The second-order valence-corrected chi connectivity index (χ2v) is 3.88. The number of anilines is 1. The minimum absolute atomic E-state index is 0.114. The first kappa shape index (κ1) is 14.4. The molecule has 0 fully saturated rings. The first-order valence-corrected chi connectivity index (χ1v) is 5.11. The van der Waals surface area contributed by atoms with Crippen LogP contribution >= 0.6 is 0 Å². The van der Waals surface area contributed by atoms with Crippen molar-refractivity contribution in [2.24, 2.45) is 0 Å². The standard InChI is InChI=1S/C11H14FNO5/c12-8-3-7(10(17)18)1-2-9(8)13-11(4-14,5-15)6-16/h1-3,13-16H,4-6H2,(H,17,18). The number of carbonyl (C=O) groups is 1. The van der Waals surface area contributed by atoms with Gasteiger partial charge >= 0.3 is 5.97 Å². The zero-order valence-electron chi connectivity index (χ0n) is 9.43. The molecule has 0 heterocycles. The van der Waals surface area contributed by atoms with E-state index in [1.54, 1.807) is 0 Å². The molecule has 0 spiro atoms. The van der Waals surface area contributed by atoms with Gasteiger partial charge in [0.25, 0.3) is 0 Å². The van der Waals surface area contributed by atoms with Crippen molar-refractivity contribution in [1.29, 1.82) is 0 Å². The molecule has 0 aliphatic carbocycles. The summed E-state index contributed by atoms with van der Waals surface area (Å²) in [5.74, 6) is -2.12. The molecular weight excluding hydrogens is 245 g/mol. The fraction of sp³-hybridized carbons (Fsp3) is 0.364. The molecule has 0 amide bonds. The third-order valence-corrected chi connectivity index (χ3v) is 2.52. The van der Waals surface area contributed by atoms with Crippen LogP contribution in [0.2, 0.25) is 0 Å². The second kappa shape index (κ2) is 5.76. The van der Waals surface area contributed by atoms with Gasteiger partial charge < -0.3 is 25.7 Å². The molecule has 0 radical (unpaired) electrons. The molecular formula is C11H14FNO5. The van der Waals surface area contributed by atoms with Crippen molar-refractivity contribution in [3.05, 3.63) is 29.6 Å². The van der Waals surface area contributed by atoms with Crippen LogP contribution < -0.4 is 5.32 Å². The highest BCUT2D eigenvalue weighted by Crippen LogP contribution is 2.20. The van der Waals surface area contributed by atoms with Crippen LogP contribution in [-0.4, -0.2) is 51.8 Å². The molecule has 7 heteroatoms. The predicted octanol–water partition coefficient (Wildman–Crippen LogP) is -0.349. The molecule has 1 aromatic carbocycles. The Morgan fingerprint density at radius 3 is 2.17 bits per heavy atom. The van der Waals surface area contributed by atoms with E-state index in [1.165, 1.54) is 6.07 Å². The van der Waals surface area contributed by atoms with E-state index >= 15 is 0 Å². The molecule has 0 atom stereocenters. The predicted molar refractivity (Wildman–Crippen MR) is 61.0 cm³/mol. The van der Waals surface area contributed by atoms with Crippen molar-refractivity contribution in [3.63, 3.8) is 0 Å². The van der Waals surface area contributed by atoms with Crippen molar-refractivity contribution in [2.75, 3.05) is 25.1 Å². The Balaban J connectivity index is 3.01. The lowest BCUT2D eigenvalue weighted by atomic mass is 10.0. The monoisotopic (exact) mass is 259 g/mol. The highest BCUT2D eigenvalue weighted by Gasteiger charge is 2.28. The molecule has 18 heavy (non-hydrogen) atoms. The van der Waals surface area contributed by atoms with Crippen LogP contribution in [0.3, 0.4) is 0 Å². The van der Waals surface area contributed by atoms with Crippen LogP contribution in [0.25, 0.3) is 0 Å². The Morgan fingerprint density at radius 1 is 1.22 bits per heavy atom. The molecule has 0 bridgehead atoms. The Hall–Kier alpha value is -1.70. The molecule has 1 rings (SSSR count). The number of nitrogens with one attached hydrogen (secondary N) is 1. The van der Waals surface area contributed by atoms with E-state index in [0.29, 0.717) is 0 Å². The molecule has 0 saturated carbocycles. The van der Waals surface area contributed by atoms with Crippen LogP contribution in [0.1, 0.15) is 10.4 Å². The van der Waals surface area contributed by atoms with E-state index in [1.807, 2.05) is 0 Å². The molecule has 6 nitrogen and oxygen atoms in total. The number of carboxylic acid groups (broad SMARTS) is 1. The van der Waals surface area contributed by atoms with Crippen LogP contribution in [0.4, 0.5) is 10.1 Å². The third-order valence-electron chi connectivity index (χ3n) is 2.52. The minimum atomic E-state index is -1.47. The van der Waals surface area contributed by atoms with E-state index in [0.717, 1.165) is 12.1 Å². The fourth-order valence-corrected chi connectivity index (χ4v) is 1.30. The Kier molecular flexibility index (Phi) is 4.60. The van der Waals surface area contributed by atoms with Gasteiger partial charge in [0.1, 0.15) is 11.4 Å². The van der Waals surface area contributed by atoms with E-state index in [-0.39, 0.29) is 11.3 Å². The quantitative estimate of drug-likeness (QED) is 0.478. The van der Waals surface area contributed by atoms with E-state index in [2.05, 4.69) is 5.32 Å². The lowest BCUT2D eigenvalue weighted by Crippen LogP contribution is -2.49. The summed E-state index contributed by atoms with van der Waals surface area (Å²) in [7, 11) is 0. The van der Waals surface area contributed by atoms with Gasteiger partial charge in [0.05, 0.1) is 31.1 Å². The SMILES string of the molecule is O=C(O)c1ccc(NC(CO)(CO)CO)c(F)c1. The van der Waals surface area contributed by atoms with Crippen LogP contribution in [0, 0.1) is 5.82 Å².